The molecule has 2 aromatic carbocycles. The Morgan fingerprint density at radius 1 is 0.870 bits per heavy atom. The van der Waals surface area contributed by atoms with Crippen molar-refractivity contribution in [2.24, 2.45) is 0 Å². The quantitative estimate of drug-likeness (QED) is 0.670. The summed E-state index contributed by atoms with van der Waals surface area (Å²) in [6.45, 7) is 2.51. The topological polar surface area (TPSA) is 22.1 Å². The molecule has 0 aliphatic carbocycles. The zero-order chi connectivity index (χ0) is 15.9. The molecular weight excluding hydrogens is 282 g/mol. The molecule has 2 heteroatoms. The molecule has 0 aliphatic heterocycles. The summed E-state index contributed by atoms with van der Waals surface area (Å²) in [5, 5.41) is 0. The molecule has 0 saturated heterocycles. The van der Waals surface area contributed by atoms with Gasteiger partial charge in [0.1, 0.15) is 18.1 Å². The Morgan fingerprint density at radius 3 is 2.52 bits per heavy atom. The van der Waals surface area contributed by atoms with Crippen molar-refractivity contribution in [2.75, 3.05) is 0 Å². The van der Waals surface area contributed by atoms with E-state index in [1.165, 1.54) is 0 Å². The molecule has 2 nitrogen and oxygen atoms in total. The molecule has 0 N–H and O–H groups in total. The third-order valence-corrected chi connectivity index (χ3v) is 3.31. The van der Waals surface area contributed by atoms with E-state index in [1.54, 1.807) is 0 Å². The van der Waals surface area contributed by atoms with Gasteiger partial charge in [-0.05, 0) is 48.7 Å². The van der Waals surface area contributed by atoms with Crippen molar-refractivity contribution in [3.63, 3.8) is 0 Å². The van der Waals surface area contributed by atoms with Gasteiger partial charge in [-0.3, -0.25) is 0 Å². The molecule has 0 saturated carbocycles. The normalized spacial score (nSPS) is 9.78. The summed E-state index contributed by atoms with van der Waals surface area (Å²) in [6, 6.07) is 23.8. The van der Waals surface area contributed by atoms with Gasteiger partial charge in [0.15, 0.2) is 0 Å². The molecule has 0 bridgehead atoms. The van der Waals surface area contributed by atoms with Crippen LogP contribution in [0.2, 0.25) is 0 Å². The van der Waals surface area contributed by atoms with Gasteiger partial charge in [-0.1, -0.05) is 48.4 Å². The Morgan fingerprint density at radius 2 is 1.70 bits per heavy atom. The van der Waals surface area contributed by atoms with Gasteiger partial charge in [-0.2, -0.15) is 0 Å². The molecule has 0 atom stereocenters. The first kappa shape index (κ1) is 14.9. The van der Waals surface area contributed by atoms with Crippen LogP contribution in [0.15, 0.2) is 72.8 Å². The second kappa shape index (κ2) is 7.29. The maximum absolute atomic E-state index is 5.82. The molecule has 23 heavy (non-hydrogen) atoms. The lowest BCUT2D eigenvalue weighted by Gasteiger charge is -2.06. The molecule has 0 unspecified atom stereocenters. The standard InChI is InChI=1S/C21H17NO/c1-17-7-5-11-20(22-17)14-13-18-10-6-12-21(15-18)23-16-19-8-3-2-4-9-19/h2-12,15H,16H2,1H3. The third kappa shape index (κ3) is 4.46. The van der Waals surface area contributed by atoms with Crippen molar-refractivity contribution < 1.29 is 4.74 Å². The van der Waals surface area contributed by atoms with E-state index in [4.69, 9.17) is 4.74 Å². The fourth-order valence-corrected chi connectivity index (χ4v) is 2.15. The first-order chi connectivity index (χ1) is 11.3. The first-order valence-electron chi connectivity index (χ1n) is 7.52. The Balaban J connectivity index is 1.70. The summed E-state index contributed by atoms with van der Waals surface area (Å²) in [7, 11) is 0. The number of hydrogen-bond acceptors (Lipinski definition) is 2. The molecule has 112 valence electrons. The van der Waals surface area contributed by atoms with E-state index in [2.05, 4.69) is 16.8 Å². The first-order valence-corrected chi connectivity index (χ1v) is 7.52. The average Bonchev–Trinajstić information content (AvgIpc) is 2.60. The van der Waals surface area contributed by atoms with Crippen LogP contribution in [0.25, 0.3) is 0 Å². The van der Waals surface area contributed by atoms with Gasteiger partial charge in [0, 0.05) is 11.3 Å². The highest BCUT2D eigenvalue weighted by Crippen LogP contribution is 2.14. The molecule has 1 aromatic heterocycles. The summed E-state index contributed by atoms with van der Waals surface area (Å²) < 4.78 is 5.82. The molecule has 0 aliphatic rings. The summed E-state index contributed by atoms with van der Waals surface area (Å²) in [5.41, 5.74) is 3.81. The van der Waals surface area contributed by atoms with E-state index in [0.717, 1.165) is 28.3 Å². The number of hydrogen-bond donors (Lipinski definition) is 0. The smallest absolute Gasteiger partial charge is 0.121 e. The highest BCUT2D eigenvalue weighted by Gasteiger charge is 1.97. The summed E-state index contributed by atoms with van der Waals surface area (Å²) in [5.74, 6) is 7.04. The number of ether oxygens (including phenoxy) is 1. The van der Waals surface area contributed by atoms with Crippen LogP contribution < -0.4 is 4.74 Å². The predicted octanol–water partition coefficient (Wildman–Crippen LogP) is 4.37. The van der Waals surface area contributed by atoms with Crippen LogP contribution >= 0.6 is 0 Å². The fraction of sp³-hybridized carbons (Fsp3) is 0.0952. The fourth-order valence-electron chi connectivity index (χ4n) is 2.15. The highest BCUT2D eigenvalue weighted by atomic mass is 16.5. The van der Waals surface area contributed by atoms with E-state index in [-0.39, 0.29) is 0 Å². The van der Waals surface area contributed by atoms with Gasteiger partial charge in [0.2, 0.25) is 0 Å². The number of benzene rings is 2. The third-order valence-electron chi connectivity index (χ3n) is 3.31. The van der Waals surface area contributed by atoms with Gasteiger partial charge < -0.3 is 4.74 Å². The number of pyridine rings is 1. The largest absolute Gasteiger partial charge is 0.489 e. The van der Waals surface area contributed by atoms with Crippen LogP contribution in [-0.4, -0.2) is 4.98 Å². The lowest BCUT2D eigenvalue weighted by atomic mass is 10.2. The summed E-state index contributed by atoms with van der Waals surface area (Å²) in [4.78, 5) is 4.38. The minimum absolute atomic E-state index is 0.553. The maximum Gasteiger partial charge on any atom is 0.121 e. The Kier molecular flexibility index (Phi) is 4.71. The molecule has 0 amide bonds. The van der Waals surface area contributed by atoms with Gasteiger partial charge in [0.25, 0.3) is 0 Å². The molecule has 3 rings (SSSR count). The Bertz CT molecular complexity index is 844. The van der Waals surface area contributed by atoms with Crippen LogP contribution in [0.1, 0.15) is 22.5 Å². The molecule has 0 radical (unpaired) electrons. The second-order valence-corrected chi connectivity index (χ2v) is 5.22. The van der Waals surface area contributed by atoms with Crippen LogP contribution in [-0.2, 0) is 6.61 Å². The number of nitrogens with zero attached hydrogens (tertiary/aromatic N) is 1. The highest BCUT2D eigenvalue weighted by molar-refractivity contribution is 5.43. The SMILES string of the molecule is Cc1cccc(C#Cc2cccc(OCc3ccccc3)c2)n1. The van der Waals surface area contributed by atoms with Crippen LogP contribution in [0.4, 0.5) is 0 Å². The lowest BCUT2D eigenvalue weighted by Crippen LogP contribution is -1.95. The van der Waals surface area contributed by atoms with E-state index >= 15 is 0 Å². The van der Waals surface area contributed by atoms with E-state index in [1.807, 2.05) is 79.7 Å². The molecule has 3 aromatic rings. The van der Waals surface area contributed by atoms with E-state index < -0.39 is 0 Å². The van der Waals surface area contributed by atoms with Crippen LogP contribution in [0.3, 0.4) is 0 Å². The second-order valence-electron chi connectivity index (χ2n) is 5.22. The van der Waals surface area contributed by atoms with E-state index in [0.29, 0.717) is 6.61 Å². The van der Waals surface area contributed by atoms with Crippen molar-refractivity contribution in [1.29, 1.82) is 0 Å². The van der Waals surface area contributed by atoms with Crippen LogP contribution in [0.5, 0.6) is 5.75 Å². The molecule has 1 heterocycles. The minimum atomic E-state index is 0.553. The van der Waals surface area contributed by atoms with Gasteiger partial charge in [0.05, 0.1) is 0 Å². The Labute approximate surface area is 136 Å². The van der Waals surface area contributed by atoms with Crippen molar-refractivity contribution >= 4 is 0 Å². The number of rotatable bonds is 3. The Hall–Kier alpha value is -3.05. The monoisotopic (exact) mass is 299 g/mol. The average molecular weight is 299 g/mol. The minimum Gasteiger partial charge on any atom is -0.489 e. The van der Waals surface area contributed by atoms with Crippen molar-refractivity contribution in [3.05, 3.63) is 95.3 Å². The predicted molar refractivity (Wildman–Crippen MR) is 92.2 cm³/mol. The van der Waals surface area contributed by atoms with E-state index in [9.17, 15) is 0 Å². The molecule has 0 spiro atoms. The van der Waals surface area contributed by atoms with Crippen molar-refractivity contribution in [2.45, 2.75) is 13.5 Å². The summed E-state index contributed by atoms with van der Waals surface area (Å²) in [6.07, 6.45) is 0. The zero-order valence-corrected chi connectivity index (χ0v) is 13.0. The lowest BCUT2D eigenvalue weighted by molar-refractivity contribution is 0.306. The zero-order valence-electron chi connectivity index (χ0n) is 13.0. The van der Waals surface area contributed by atoms with Gasteiger partial charge >= 0.3 is 0 Å². The maximum atomic E-state index is 5.82. The van der Waals surface area contributed by atoms with Gasteiger partial charge in [-0.25, -0.2) is 4.98 Å². The summed E-state index contributed by atoms with van der Waals surface area (Å²) >= 11 is 0. The van der Waals surface area contributed by atoms with Crippen molar-refractivity contribution in [3.8, 4) is 17.6 Å². The van der Waals surface area contributed by atoms with Crippen molar-refractivity contribution in [1.82, 2.24) is 4.98 Å². The van der Waals surface area contributed by atoms with Crippen LogP contribution in [0, 0.1) is 18.8 Å². The molecular formula is C21H17NO. The van der Waals surface area contributed by atoms with Gasteiger partial charge in [-0.15, -0.1) is 0 Å². The molecule has 0 fully saturated rings. The number of aryl methyl sites for hydroxylation is 1. The number of aromatic nitrogens is 1.